The summed E-state index contributed by atoms with van der Waals surface area (Å²) in [6.45, 7) is 5.58. The number of aromatic nitrogens is 1. The Labute approximate surface area is 258 Å². The molecule has 4 aromatic rings. The molecular formula is C31H28BrN3O7S. The van der Waals surface area contributed by atoms with Crippen LogP contribution in [-0.2, 0) is 9.53 Å². The summed E-state index contributed by atoms with van der Waals surface area (Å²) >= 11 is 4.73. The molecule has 1 unspecified atom stereocenters. The van der Waals surface area contributed by atoms with E-state index < -0.39 is 16.9 Å². The van der Waals surface area contributed by atoms with Crippen LogP contribution in [0.2, 0.25) is 0 Å². The van der Waals surface area contributed by atoms with E-state index in [2.05, 4.69) is 15.9 Å². The van der Waals surface area contributed by atoms with E-state index in [0.29, 0.717) is 65.5 Å². The van der Waals surface area contributed by atoms with Gasteiger partial charge in [-0.3, -0.25) is 19.5 Å². The average Bonchev–Trinajstić information content (AvgIpc) is 3.57. The molecule has 0 spiro atoms. The van der Waals surface area contributed by atoms with Crippen LogP contribution in [0.5, 0.6) is 5.75 Å². The third kappa shape index (κ3) is 5.84. The normalized spacial score (nSPS) is 14.8. The highest BCUT2D eigenvalue weighted by Gasteiger charge is 2.34. The zero-order valence-corrected chi connectivity index (χ0v) is 26.3. The first-order chi connectivity index (χ1) is 20.7. The lowest BCUT2D eigenvalue weighted by Crippen LogP contribution is -2.40. The van der Waals surface area contributed by atoms with Gasteiger partial charge in [0.05, 0.1) is 45.0 Å². The predicted octanol–water partition coefficient (Wildman–Crippen LogP) is 5.83. The Balaban J connectivity index is 1.66. The third-order valence-corrected chi connectivity index (χ3v) is 8.58. The summed E-state index contributed by atoms with van der Waals surface area (Å²) < 4.78 is 19.4. The molecule has 2 aromatic heterocycles. The molecule has 222 valence electrons. The average molecular weight is 667 g/mol. The molecule has 0 saturated heterocycles. The molecule has 2 aromatic carbocycles. The smallest absolute Gasteiger partial charge is 0.338 e. The zero-order chi connectivity index (χ0) is 30.8. The summed E-state index contributed by atoms with van der Waals surface area (Å²) in [6, 6.07) is 12.9. The van der Waals surface area contributed by atoms with Crippen LogP contribution in [0, 0.1) is 17.0 Å². The lowest BCUT2D eigenvalue weighted by atomic mass is 9.94. The van der Waals surface area contributed by atoms with E-state index >= 15 is 0 Å². The molecule has 1 aliphatic rings. The first kappa shape index (κ1) is 30.2. The fraction of sp³-hybridized carbons (Fsp3) is 0.258. The molecule has 0 saturated carbocycles. The molecule has 43 heavy (non-hydrogen) atoms. The minimum absolute atomic E-state index is 0.00536. The van der Waals surface area contributed by atoms with Gasteiger partial charge in [-0.1, -0.05) is 42.9 Å². The molecular weight excluding hydrogens is 638 g/mol. The lowest BCUT2D eigenvalue weighted by molar-refractivity contribution is -0.385. The van der Waals surface area contributed by atoms with Gasteiger partial charge >= 0.3 is 5.97 Å². The number of carbonyl (C=O) groups excluding carboxylic acids is 1. The second-order valence-corrected chi connectivity index (χ2v) is 11.6. The number of allylic oxidation sites excluding steroid dienone is 1. The molecule has 1 aliphatic heterocycles. The van der Waals surface area contributed by atoms with Crippen molar-refractivity contribution in [2.45, 2.75) is 39.7 Å². The summed E-state index contributed by atoms with van der Waals surface area (Å²) in [6.07, 6.45) is 2.88. The molecule has 0 fully saturated rings. The molecule has 12 heteroatoms. The van der Waals surface area contributed by atoms with Crippen LogP contribution in [0.4, 0.5) is 5.69 Å². The number of esters is 1. The second kappa shape index (κ2) is 12.5. The van der Waals surface area contributed by atoms with E-state index in [1.807, 2.05) is 19.1 Å². The van der Waals surface area contributed by atoms with E-state index in [4.69, 9.17) is 18.9 Å². The van der Waals surface area contributed by atoms with Crippen LogP contribution >= 0.6 is 27.3 Å². The molecule has 5 rings (SSSR count). The first-order valence-corrected chi connectivity index (χ1v) is 15.2. The van der Waals surface area contributed by atoms with Crippen molar-refractivity contribution in [3.8, 4) is 17.1 Å². The number of nitro groups is 1. The molecule has 0 amide bonds. The van der Waals surface area contributed by atoms with Crippen molar-refractivity contribution in [3.63, 3.8) is 0 Å². The van der Waals surface area contributed by atoms with Crippen LogP contribution in [0.15, 0.2) is 78.5 Å². The van der Waals surface area contributed by atoms with Crippen molar-refractivity contribution >= 4 is 45.0 Å². The first-order valence-electron chi connectivity index (χ1n) is 13.6. The molecule has 0 radical (unpaired) electrons. The monoisotopic (exact) mass is 665 g/mol. The van der Waals surface area contributed by atoms with Crippen LogP contribution in [-0.4, -0.2) is 29.2 Å². The number of nitro benzene ring substituents is 1. The molecule has 1 atom stereocenters. The van der Waals surface area contributed by atoms with Crippen LogP contribution < -0.4 is 19.6 Å². The Morgan fingerprint density at radius 3 is 2.67 bits per heavy atom. The Hall–Kier alpha value is -4.29. The number of fused-ring (bicyclic) bond motifs is 1. The van der Waals surface area contributed by atoms with Gasteiger partial charge in [-0.15, -0.1) is 0 Å². The number of hydrogen-bond donors (Lipinski definition) is 0. The number of hydrogen-bond acceptors (Lipinski definition) is 9. The van der Waals surface area contributed by atoms with E-state index in [-0.39, 0.29) is 17.9 Å². The van der Waals surface area contributed by atoms with Crippen LogP contribution in [0.25, 0.3) is 17.4 Å². The SMILES string of the molecule is CCCC1=C(C(=O)OCC)C(c2ccc(OC)c(Br)c2)n2c(s/c(=C\c3ccc(-c4ccc(C)c([N+](=O)[O-])c4)o3)c2=O)=N1. The summed E-state index contributed by atoms with van der Waals surface area (Å²) in [7, 11) is 1.56. The van der Waals surface area contributed by atoms with Gasteiger partial charge < -0.3 is 13.9 Å². The predicted molar refractivity (Wildman–Crippen MR) is 166 cm³/mol. The van der Waals surface area contributed by atoms with Gasteiger partial charge in [0, 0.05) is 23.3 Å². The van der Waals surface area contributed by atoms with Gasteiger partial charge in [-0.2, -0.15) is 0 Å². The van der Waals surface area contributed by atoms with Crippen molar-refractivity contribution in [3.05, 3.63) is 111 Å². The van der Waals surface area contributed by atoms with Gasteiger partial charge in [-0.25, -0.2) is 9.79 Å². The highest BCUT2D eigenvalue weighted by atomic mass is 79.9. The highest BCUT2D eigenvalue weighted by molar-refractivity contribution is 9.10. The molecule has 0 aliphatic carbocycles. The fourth-order valence-corrected chi connectivity index (χ4v) is 6.52. The number of thiazole rings is 1. The van der Waals surface area contributed by atoms with Crippen molar-refractivity contribution in [2.75, 3.05) is 13.7 Å². The maximum Gasteiger partial charge on any atom is 0.338 e. The number of ether oxygens (including phenoxy) is 2. The minimum Gasteiger partial charge on any atom is -0.496 e. The quantitative estimate of drug-likeness (QED) is 0.125. The molecule has 3 heterocycles. The minimum atomic E-state index is -0.776. The topological polar surface area (TPSA) is 126 Å². The number of methoxy groups -OCH3 is 1. The lowest BCUT2D eigenvalue weighted by Gasteiger charge is -2.26. The van der Waals surface area contributed by atoms with E-state index in [1.165, 1.54) is 22.0 Å². The second-order valence-electron chi connectivity index (χ2n) is 9.77. The summed E-state index contributed by atoms with van der Waals surface area (Å²) in [4.78, 5) is 43.6. The van der Waals surface area contributed by atoms with Gasteiger partial charge in [0.2, 0.25) is 0 Å². The Morgan fingerprint density at radius 1 is 1.21 bits per heavy atom. The van der Waals surface area contributed by atoms with Crippen molar-refractivity contribution in [1.82, 2.24) is 4.57 Å². The molecule has 0 N–H and O–H groups in total. The van der Waals surface area contributed by atoms with Gasteiger partial charge in [0.1, 0.15) is 17.3 Å². The highest BCUT2D eigenvalue weighted by Crippen LogP contribution is 2.36. The van der Waals surface area contributed by atoms with Crippen molar-refractivity contribution < 1.29 is 23.6 Å². The van der Waals surface area contributed by atoms with E-state index in [0.717, 1.165) is 6.42 Å². The van der Waals surface area contributed by atoms with E-state index in [1.54, 1.807) is 57.4 Å². The Morgan fingerprint density at radius 2 is 2.00 bits per heavy atom. The van der Waals surface area contributed by atoms with E-state index in [9.17, 15) is 19.7 Å². The van der Waals surface area contributed by atoms with Gasteiger partial charge in [0.25, 0.3) is 11.2 Å². The largest absolute Gasteiger partial charge is 0.496 e. The number of benzene rings is 2. The molecule has 0 bridgehead atoms. The standard InChI is InChI=1S/C31H28BrN3O7S/c1-5-7-22-27(30(37)41-6-2)28(19-10-12-25(40-4)21(32)14-19)34-29(36)26(43-31(34)33-22)16-20-11-13-24(42-20)18-9-8-17(3)23(15-18)35(38)39/h8-16,28H,5-7H2,1-4H3/b26-16-. The Bertz CT molecular complexity index is 1950. The summed E-state index contributed by atoms with van der Waals surface area (Å²) in [5, 5.41) is 11.4. The maximum atomic E-state index is 14.0. The zero-order valence-electron chi connectivity index (χ0n) is 23.9. The molecule has 10 nitrogen and oxygen atoms in total. The number of furan rings is 1. The third-order valence-electron chi connectivity index (χ3n) is 6.97. The van der Waals surface area contributed by atoms with Gasteiger partial charge in [0.15, 0.2) is 4.80 Å². The Kier molecular flexibility index (Phi) is 8.79. The number of halogens is 1. The number of nitrogens with zero attached hydrogens (tertiary/aromatic N) is 3. The fourth-order valence-electron chi connectivity index (χ4n) is 4.96. The van der Waals surface area contributed by atoms with Crippen molar-refractivity contribution in [2.24, 2.45) is 4.99 Å². The van der Waals surface area contributed by atoms with Crippen LogP contribution in [0.1, 0.15) is 49.6 Å². The van der Waals surface area contributed by atoms with Gasteiger partial charge in [-0.05, 0) is 66.0 Å². The number of carbonyl (C=O) groups is 1. The summed E-state index contributed by atoms with van der Waals surface area (Å²) in [5.41, 5.74) is 2.33. The number of rotatable bonds is 9. The van der Waals surface area contributed by atoms with Crippen LogP contribution in [0.3, 0.4) is 0 Å². The van der Waals surface area contributed by atoms with Crippen molar-refractivity contribution in [1.29, 1.82) is 0 Å². The maximum absolute atomic E-state index is 14.0. The number of aryl methyl sites for hydroxylation is 1. The summed E-state index contributed by atoms with van der Waals surface area (Å²) in [5.74, 6) is 0.909.